The van der Waals surface area contributed by atoms with Crippen molar-refractivity contribution in [1.82, 2.24) is 20.0 Å². The maximum absolute atomic E-state index is 13.7. The van der Waals surface area contributed by atoms with Gasteiger partial charge in [0.2, 0.25) is 5.91 Å². The number of allylic oxidation sites excluding steroid dienone is 2. The Balaban J connectivity index is 1.35. The minimum Gasteiger partial charge on any atom is -0.490 e. The van der Waals surface area contributed by atoms with Crippen LogP contribution < -0.4 is 10.1 Å². The first-order chi connectivity index (χ1) is 19.0. The third kappa shape index (κ3) is 6.10. The number of aromatic nitrogens is 2. The fourth-order valence-corrected chi connectivity index (χ4v) is 5.78. The summed E-state index contributed by atoms with van der Waals surface area (Å²) in [4.78, 5) is 18.4. The molecule has 7 nitrogen and oxygen atoms in total. The van der Waals surface area contributed by atoms with E-state index in [4.69, 9.17) is 4.74 Å². The number of nitrogens with zero attached hydrogens (tertiary/aromatic N) is 3. The molecule has 1 amide bonds. The number of nitrogens with one attached hydrogen (secondary N) is 2. The number of rotatable bonds is 8. The van der Waals surface area contributed by atoms with E-state index < -0.39 is 0 Å². The van der Waals surface area contributed by atoms with Gasteiger partial charge in [-0.1, -0.05) is 17.7 Å². The maximum atomic E-state index is 13.7. The van der Waals surface area contributed by atoms with Gasteiger partial charge in [0.05, 0.1) is 11.2 Å². The molecule has 3 aromatic rings. The molecule has 0 spiro atoms. The normalized spacial score (nSPS) is 19.0. The summed E-state index contributed by atoms with van der Waals surface area (Å²) >= 11 is 0. The third-order valence-electron chi connectivity index (χ3n) is 8.17. The summed E-state index contributed by atoms with van der Waals surface area (Å²) in [5.41, 5.74) is 5.79. The Morgan fingerprint density at radius 2 is 1.77 bits per heavy atom. The van der Waals surface area contributed by atoms with Gasteiger partial charge in [-0.15, -0.1) is 0 Å². The molecule has 2 aromatic carbocycles. The van der Waals surface area contributed by atoms with Crippen LogP contribution in [-0.4, -0.2) is 71.3 Å². The highest BCUT2D eigenvalue weighted by Gasteiger charge is 2.31. The van der Waals surface area contributed by atoms with Crippen LogP contribution in [-0.2, 0) is 4.79 Å². The highest BCUT2D eigenvalue weighted by Crippen LogP contribution is 2.31. The number of amides is 1. The summed E-state index contributed by atoms with van der Waals surface area (Å²) < 4.78 is 6.23. The molecule has 2 aliphatic rings. The highest BCUT2D eigenvalue weighted by molar-refractivity contribution is 6.01. The first-order valence-corrected chi connectivity index (χ1v) is 14.2. The quantitative estimate of drug-likeness (QED) is 0.351. The van der Waals surface area contributed by atoms with Crippen molar-refractivity contribution < 1.29 is 9.53 Å². The first kappa shape index (κ1) is 27.2. The molecule has 2 aliphatic heterocycles. The third-order valence-corrected chi connectivity index (χ3v) is 8.17. The summed E-state index contributed by atoms with van der Waals surface area (Å²) in [5, 5.41) is 11.9. The molecule has 1 atom stereocenters. The van der Waals surface area contributed by atoms with Crippen LogP contribution in [0.15, 0.2) is 65.8 Å². The Kier molecular flexibility index (Phi) is 8.48. The van der Waals surface area contributed by atoms with Crippen molar-refractivity contribution in [3.05, 3.63) is 65.8 Å². The smallest absolute Gasteiger partial charge is 0.246 e. The number of benzene rings is 2. The van der Waals surface area contributed by atoms with Gasteiger partial charge in [-0.3, -0.25) is 14.8 Å². The Morgan fingerprint density at radius 3 is 2.44 bits per heavy atom. The fraction of sp³-hybridized carbons (Fsp3) is 0.438. The SMILES string of the molecule is C/C=C(C)\C(=C/C)C(C(=O)Nc1ccc2[nH]nc(-c3ccc(OC4CCN(C)CC4)cc3)c2c1)N1CCCC1. The molecule has 2 fully saturated rings. The second-order valence-corrected chi connectivity index (χ2v) is 10.8. The standard InChI is InChI=1S/C32H41N5O2/c1-5-22(3)27(6-2)31(37-17-7-8-18-37)32(38)33-24-11-14-29-28(21-24)30(35-34-29)23-9-12-25(13-10-23)39-26-15-19-36(4)20-16-26/h5-6,9-14,21,26,31H,7-8,15-20H2,1-4H3,(H,33,38)(H,34,35)/b22-5-,27-6+. The Morgan fingerprint density at radius 1 is 1.05 bits per heavy atom. The molecule has 206 valence electrons. The lowest BCUT2D eigenvalue weighted by Gasteiger charge is -2.29. The molecule has 2 saturated heterocycles. The highest BCUT2D eigenvalue weighted by atomic mass is 16.5. The van der Waals surface area contributed by atoms with Crippen molar-refractivity contribution in [2.45, 2.75) is 58.6 Å². The summed E-state index contributed by atoms with van der Waals surface area (Å²) in [6.07, 6.45) is 8.80. The van der Waals surface area contributed by atoms with E-state index in [-0.39, 0.29) is 18.1 Å². The van der Waals surface area contributed by atoms with Crippen LogP contribution in [0.25, 0.3) is 22.2 Å². The van der Waals surface area contributed by atoms with Gasteiger partial charge in [0.1, 0.15) is 17.9 Å². The first-order valence-electron chi connectivity index (χ1n) is 14.2. The minimum atomic E-state index is -0.301. The van der Waals surface area contributed by atoms with Crippen molar-refractivity contribution >= 4 is 22.5 Å². The van der Waals surface area contributed by atoms with E-state index in [1.807, 2.05) is 44.2 Å². The monoisotopic (exact) mass is 527 g/mol. The van der Waals surface area contributed by atoms with Gasteiger partial charge in [0.25, 0.3) is 0 Å². The molecule has 7 heteroatoms. The number of anilines is 1. The second kappa shape index (κ2) is 12.2. The van der Waals surface area contributed by atoms with Gasteiger partial charge in [0, 0.05) is 29.7 Å². The second-order valence-electron chi connectivity index (χ2n) is 10.8. The Hall–Kier alpha value is -3.42. The van der Waals surface area contributed by atoms with Gasteiger partial charge in [-0.25, -0.2) is 0 Å². The van der Waals surface area contributed by atoms with E-state index in [2.05, 4.69) is 63.6 Å². The number of carbonyl (C=O) groups is 1. The predicted octanol–water partition coefficient (Wildman–Crippen LogP) is 6.02. The lowest BCUT2D eigenvalue weighted by Crippen LogP contribution is -2.44. The molecule has 5 rings (SSSR count). The number of piperidine rings is 1. The molecular formula is C32H41N5O2. The average Bonchev–Trinajstić information content (AvgIpc) is 3.63. The number of carbonyl (C=O) groups excluding carboxylic acids is 1. The van der Waals surface area contributed by atoms with E-state index in [0.717, 1.165) is 96.6 Å². The molecule has 0 radical (unpaired) electrons. The van der Waals surface area contributed by atoms with Crippen LogP contribution in [0.2, 0.25) is 0 Å². The Labute approximate surface area is 231 Å². The number of likely N-dealkylation sites (tertiary alicyclic amines) is 2. The summed E-state index contributed by atoms with van der Waals surface area (Å²) in [6.45, 7) is 10.2. The number of H-pyrrole nitrogens is 1. The topological polar surface area (TPSA) is 73.5 Å². The van der Waals surface area contributed by atoms with Crippen LogP contribution in [0.3, 0.4) is 0 Å². The number of fused-ring (bicyclic) bond motifs is 1. The van der Waals surface area contributed by atoms with Crippen LogP contribution in [0.4, 0.5) is 5.69 Å². The van der Waals surface area contributed by atoms with E-state index >= 15 is 0 Å². The van der Waals surface area contributed by atoms with Crippen LogP contribution in [0, 0.1) is 0 Å². The molecule has 2 N–H and O–H groups in total. The van der Waals surface area contributed by atoms with Gasteiger partial charge >= 0.3 is 0 Å². The van der Waals surface area contributed by atoms with Crippen molar-refractivity contribution in [2.24, 2.45) is 0 Å². The van der Waals surface area contributed by atoms with Gasteiger partial charge < -0.3 is 15.0 Å². The van der Waals surface area contributed by atoms with E-state index in [1.54, 1.807) is 0 Å². The summed E-state index contributed by atoms with van der Waals surface area (Å²) in [7, 11) is 2.16. The van der Waals surface area contributed by atoms with E-state index in [9.17, 15) is 4.79 Å². The molecule has 0 aliphatic carbocycles. The maximum Gasteiger partial charge on any atom is 0.246 e. The van der Waals surface area contributed by atoms with Crippen LogP contribution >= 0.6 is 0 Å². The lowest BCUT2D eigenvalue weighted by atomic mass is 9.97. The van der Waals surface area contributed by atoms with Crippen molar-refractivity contribution in [3.8, 4) is 17.0 Å². The summed E-state index contributed by atoms with van der Waals surface area (Å²) in [6, 6.07) is 13.8. The van der Waals surface area contributed by atoms with Crippen LogP contribution in [0.5, 0.6) is 5.75 Å². The zero-order valence-electron chi connectivity index (χ0n) is 23.7. The molecule has 0 bridgehead atoms. The van der Waals surface area contributed by atoms with Crippen molar-refractivity contribution in [1.29, 1.82) is 0 Å². The molecule has 1 aromatic heterocycles. The number of hydrogen-bond donors (Lipinski definition) is 2. The summed E-state index contributed by atoms with van der Waals surface area (Å²) in [5.74, 6) is 0.899. The van der Waals surface area contributed by atoms with E-state index in [0.29, 0.717) is 0 Å². The number of hydrogen-bond acceptors (Lipinski definition) is 5. The zero-order chi connectivity index (χ0) is 27.4. The minimum absolute atomic E-state index is 0.00556. The van der Waals surface area contributed by atoms with E-state index in [1.165, 1.54) is 0 Å². The van der Waals surface area contributed by atoms with Crippen molar-refractivity contribution in [2.75, 3.05) is 38.5 Å². The molecule has 39 heavy (non-hydrogen) atoms. The van der Waals surface area contributed by atoms with Gasteiger partial charge in [0.15, 0.2) is 0 Å². The molecule has 0 saturated carbocycles. The molecule has 1 unspecified atom stereocenters. The fourth-order valence-electron chi connectivity index (χ4n) is 5.78. The number of ether oxygens (including phenoxy) is 1. The lowest BCUT2D eigenvalue weighted by molar-refractivity contribution is -0.119. The zero-order valence-corrected chi connectivity index (χ0v) is 23.7. The number of aromatic amines is 1. The average molecular weight is 528 g/mol. The predicted molar refractivity (Wildman–Crippen MR) is 159 cm³/mol. The molecule has 3 heterocycles. The van der Waals surface area contributed by atoms with Crippen molar-refractivity contribution in [3.63, 3.8) is 0 Å². The van der Waals surface area contributed by atoms with Gasteiger partial charge in [-0.2, -0.15) is 5.10 Å². The van der Waals surface area contributed by atoms with Crippen LogP contribution in [0.1, 0.15) is 46.5 Å². The largest absolute Gasteiger partial charge is 0.490 e. The Bertz CT molecular complexity index is 1340. The molecular weight excluding hydrogens is 486 g/mol. The van der Waals surface area contributed by atoms with Gasteiger partial charge in [-0.05, 0) is 115 Å².